The molecule has 1 aliphatic carbocycles. The fraction of sp³-hybridized carbons (Fsp3) is 0.312. The Morgan fingerprint density at radius 1 is 1.26 bits per heavy atom. The van der Waals surface area contributed by atoms with Crippen LogP contribution in [0.5, 0.6) is 0 Å². The van der Waals surface area contributed by atoms with Crippen LogP contribution in [-0.4, -0.2) is 23.0 Å². The standard InChI is InChI=1S/C16H20N2O/c1-11-6-8-12(9-7-11)14(17)10-15(18)13-4-2-3-5-16(13)19/h2-9,13,15-17,19H,10,18H2,1H3/p+1. The summed E-state index contributed by atoms with van der Waals surface area (Å²) < 4.78 is 0. The van der Waals surface area contributed by atoms with Gasteiger partial charge < -0.3 is 16.2 Å². The molecule has 1 aromatic rings. The Labute approximate surface area is 114 Å². The minimum absolute atomic E-state index is 0.00389. The highest BCUT2D eigenvalue weighted by Crippen LogP contribution is 2.18. The van der Waals surface area contributed by atoms with Crippen LogP contribution in [0.4, 0.5) is 0 Å². The molecular weight excluding hydrogens is 236 g/mol. The van der Waals surface area contributed by atoms with Crippen molar-refractivity contribution in [1.29, 1.82) is 5.41 Å². The highest BCUT2D eigenvalue weighted by Gasteiger charge is 2.27. The lowest BCUT2D eigenvalue weighted by Gasteiger charge is -2.23. The number of aliphatic hydroxyl groups is 1. The second-order valence-electron chi connectivity index (χ2n) is 5.15. The van der Waals surface area contributed by atoms with Crippen molar-refractivity contribution in [3.05, 3.63) is 59.7 Å². The molecule has 0 radical (unpaired) electrons. The average Bonchev–Trinajstić information content (AvgIpc) is 2.39. The fourth-order valence-corrected chi connectivity index (χ4v) is 2.32. The van der Waals surface area contributed by atoms with Gasteiger partial charge in [0.25, 0.3) is 0 Å². The van der Waals surface area contributed by atoms with Crippen LogP contribution in [0, 0.1) is 18.3 Å². The van der Waals surface area contributed by atoms with Gasteiger partial charge in [-0.2, -0.15) is 0 Å². The molecular formula is C16H21N2O+. The number of quaternary nitrogens is 1. The molecule has 1 aromatic carbocycles. The van der Waals surface area contributed by atoms with Gasteiger partial charge in [-0.15, -0.1) is 0 Å². The first kappa shape index (κ1) is 13.7. The van der Waals surface area contributed by atoms with Crippen LogP contribution in [0.3, 0.4) is 0 Å². The van der Waals surface area contributed by atoms with E-state index in [1.54, 1.807) is 6.08 Å². The third-order valence-electron chi connectivity index (χ3n) is 3.56. The number of nitrogens with one attached hydrogen (secondary N) is 1. The van der Waals surface area contributed by atoms with Gasteiger partial charge >= 0.3 is 0 Å². The molecule has 3 atom stereocenters. The SMILES string of the molecule is Cc1ccc(C(=N)CC([NH3+])C2C=CC=CC2O)cc1. The van der Waals surface area contributed by atoms with E-state index in [0.29, 0.717) is 12.1 Å². The monoisotopic (exact) mass is 257 g/mol. The van der Waals surface area contributed by atoms with E-state index in [2.05, 4.69) is 5.73 Å². The first-order chi connectivity index (χ1) is 9.08. The summed E-state index contributed by atoms with van der Waals surface area (Å²) in [5.41, 5.74) is 6.82. The molecule has 0 bridgehead atoms. The van der Waals surface area contributed by atoms with E-state index in [4.69, 9.17) is 5.41 Å². The van der Waals surface area contributed by atoms with Crippen molar-refractivity contribution >= 4 is 5.71 Å². The molecule has 0 saturated carbocycles. The molecule has 3 unspecified atom stereocenters. The molecule has 0 spiro atoms. The van der Waals surface area contributed by atoms with Crippen LogP contribution in [-0.2, 0) is 0 Å². The first-order valence-electron chi connectivity index (χ1n) is 6.58. The van der Waals surface area contributed by atoms with Gasteiger partial charge in [0, 0.05) is 12.1 Å². The molecule has 100 valence electrons. The van der Waals surface area contributed by atoms with Crippen LogP contribution >= 0.6 is 0 Å². The second kappa shape index (κ2) is 5.95. The lowest BCUT2D eigenvalue weighted by atomic mass is 9.87. The van der Waals surface area contributed by atoms with Crippen LogP contribution in [0.15, 0.2) is 48.6 Å². The van der Waals surface area contributed by atoms with Gasteiger partial charge in [-0.05, 0) is 12.5 Å². The minimum atomic E-state index is -0.488. The van der Waals surface area contributed by atoms with Crippen molar-refractivity contribution < 1.29 is 10.8 Å². The number of aryl methyl sites for hydroxylation is 1. The van der Waals surface area contributed by atoms with Crippen LogP contribution in [0.1, 0.15) is 17.5 Å². The number of benzene rings is 1. The summed E-state index contributed by atoms with van der Waals surface area (Å²) in [5.74, 6) is -0.00389. The number of hydrogen-bond donors (Lipinski definition) is 3. The molecule has 0 saturated heterocycles. The summed E-state index contributed by atoms with van der Waals surface area (Å²) in [4.78, 5) is 0. The Morgan fingerprint density at radius 2 is 1.89 bits per heavy atom. The molecule has 0 heterocycles. The molecule has 5 N–H and O–H groups in total. The molecule has 19 heavy (non-hydrogen) atoms. The van der Waals surface area contributed by atoms with Gasteiger partial charge in [-0.3, -0.25) is 0 Å². The highest BCUT2D eigenvalue weighted by atomic mass is 16.3. The van der Waals surface area contributed by atoms with Gasteiger partial charge in [-0.25, -0.2) is 0 Å². The Hall–Kier alpha value is -1.71. The van der Waals surface area contributed by atoms with Gasteiger partial charge in [0.05, 0.1) is 18.1 Å². The molecule has 0 aromatic heterocycles. The number of hydrogen-bond acceptors (Lipinski definition) is 2. The first-order valence-corrected chi connectivity index (χ1v) is 6.58. The summed E-state index contributed by atoms with van der Waals surface area (Å²) in [6.07, 6.45) is 7.62. The van der Waals surface area contributed by atoms with Gasteiger partial charge in [-0.1, -0.05) is 54.1 Å². The predicted molar refractivity (Wildman–Crippen MR) is 77.1 cm³/mol. The van der Waals surface area contributed by atoms with Crippen molar-refractivity contribution in [3.8, 4) is 0 Å². The van der Waals surface area contributed by atoms with E-state index >= 15 is 0 Å². The largest absolute Gasteiger partial charge is 0.388 e. The molecule has 2 rings (SSSR count). The summed E-state index contributed by atoms with van der Waals surface area (Å²) in [7, 11) is 0. The van der Waals surface area contributed by atoms with Gasteiger partial charge in [0.2, 0.25) is 0 Å². The number of rotatable bonds is 4. The Morgan fingerprint density at radius 3 is 2.53 bits per heavy atom. The lowest BCUT2D eigenvalue weighted by molar-refractivity contribution is -0.430. The highest BCUT2D eigenvalue weighted by molar-refractivity contribution is 5.98. The predicted octanol–water partition coefficient (Wildman–Crippen LogP) is 1.47. The van der Waals surface area contributed by atoms with E-state index in [1.807, 2.05) is 49.4 Å². The van der Waals surface area contributed by atoms with Crippen LogP contribution in [0.2, 0.25) is 0 Å². The van der Waals surface area contributed by atoms with Crippen molar-refractivity contribution in [2.24, 2.45) is 5.92 Å². The maximum Gasteiger partial charge on any atom is 0.0991 e. The van der Waals surface area contributed by atoms with Crippen molar-refractivity contribution in [1.82, 2.24) is 0 Å². The quantitative estimate of drug-likeness (QED) is 0.702. The van der Waals surface area contributed by atoms with Crippen LogP contribution < -0.4 is 5.73 Å². The second-order valence-corrected chi connectivity index (χ2v) is 5.15. The number of aliphatic hydroxyl groups excluding tert-OH is 1. The summed E-state index contributed by atoms with van der Waals surface area (Å²) >= 11 is 0. The molecule has 0 fully saturated rings. The summed E-state index contributed by atoms with van der Waals surface area (Å²) in [5, 5.41) is 18.1. The van der Waals surface area contributed by atoms with Gasteiger partial charge in [0.15, 0.2) is 0 Å². The third-order valence-corrected chi connectivity index (χ3v) is 3.56. The third kappa shape index (κ3) is 3.40. The maximum absolute atomic E-state index is 9.91. The van der Waals surface area contributed by atoms with Crippen molar-refractivity contribution in [2.45, 2.75) is 25.5 Å². The van der Waals surface area contributed by atoms with E-state index in [1.165, 1.54) is 5.56 Å². The number of allylic oxidation sites excluding steroid dienone is 2. The smallest absolute Gasteiger partial charge is 0.0991 e. The fourth-order valence-electron chi connectivity index (χ4n) is 2.32. The van der Waals surface area contributed by atoms with Crippen LogP contribution in [0.25, 0.3) is 0 Å². The molecule has 0 amide bonds. The normalized spacial score (nSPS) is 23.3. The zero-order valence-electron chi connectivity index (χ0n) is 11.2. The van der Waals surface area contributed by atoms with Crippen molar-refractivity contribution in [3.63, 3.8) is 0 Å². The zero-order chi connectivity index (χ0) is 13.8. The molecule has 1 aliphatic rings. The zero-order valence-corrected chi connectivity index (χ0v) is 11.2. The molecule has 3 heteroatoms. The molecule has 0 aliphatic heterocycles. The van der Waals surface area contributed by atoms with E-state index < -0.39 is 6.10 Å². The van der Waals surface area contributed by atoms with E-state index in [-0.39, 0.29) is 12.0 Å². The van der Waals surface area contributed by atoms with Gasteiger partial charge in [0.1, 0.15) is 0 Å². The Bertz CT molecular complexity index is 502. The van der Waals surface area contributed by atoms with Crippen molar-refractivity contribution in [2.75, 3.05) is 0 Å². The molecule has 3 nitrogen and oxygen atoms in total. The maximum atomic E-state index is 9.91. The average molecular weight is 257 g/mol. The van der Waals surface area contributed by atoms with E-state index in [9.17, 15) is 5.11 Å². The summed E-state index contributed by atoms with van der Waals surface area (Å²) in [6, 6.07) is 7.97. The van der Waals surface area contributed by atoms with E-state index in [0.717, 1.165) is 5.56 Å². The minimum Gasteiger partial charge on any atom is -0.388 e. The Balaban J connectivity index is 2.00. The summed E-state index contributed by atoms with van der Waals surface area (Å²) in [6.45, 7) is 2.03. The topological polar surface area (TPSA) is 71.7 Å². The lowest BCUT2D eigenvalue weighted by Crippen LogP contribution is -2.66. The Kier molecular flexibility index (Phi) is 4.30.